The lowest BCUT2D eigenvalue weighted by molar-refractivity contribution is -0.147. The molecule has 0 spiro atoms. The number of aliphatic carboxylic acids is 1. The van der Waals surface area contributed by atoms with E-state index < -0.39 is 23.8 Å². The molecule has 1 unspecified atom stereocenters. The Labute approximate surface area is 124 Å². The highest BCUT2D eigenvalue weighted by Gasteiger charge is 2.22. The fourth-order valence-electron chi connectivity index (χ4n) is 1.40. The molecule has 1 aromatic rings. The van der Waals surface area contributed by atoms with Crippen molar-refractivity contribution >= 4 is 33.7 Å². The van der Waals surface area contributed by atoms with Crippen molar-refractivity contribution in [3.8, 4) is 0 Å². The molecule has 0 saturated carbocycles. The lowest BCUT2D eigenvalue weighted by Gasteiger charge is -2.21. The molecule has 1 aromatic carbocycles. The van der Waals surface area contributed by atoms with Crippen LogP contribution in [0.1, 0.15) is 17.3 Å². The number of nitrogens with one attached hydrogen (secondary N) is 1. The van der Waals surface area contributed by atoms with E-state index in [4.69, 9.17) is 5.11 Å². The molecule has 1 atom stereocenters. The molecule has 2 amide bonds. The Balaban J connectivity index is 2.60. The summed E-state index contributed by atoms with van der Waals surface area (Å²) in [6.45, 7) is 1.14. The van der Waals surface area contributed by atoms with E-state index in [0.717, 1.165) is 4.90 Å². The van der Waals surface area contributed by atoms with Gasteiger partial charge in [0.05, 0.1) is 12.1 Å². The third-order valence-electron chi connectivity index (χ3n) is 2.85. The molecule has 1 rings (SSSR count). The fourth-order valence-corrected chi connectivity index (χ4v) is 1.87. The van der Waals surface area contributed by atoms with Gasteiger partial charge >= 0.3 is 5.97 Å². The van der Waals surface area contributed by atoms with Gasteiger partial charge in [0.25, 0.3) is 5.91 Å². The summed E-state index contributed by atoms with van der Waals surface area (Å²) >= 11 is 3.24. The van der Waals surface area contributed by atoms with Crippen molar-refractivity contribution in [3.05, 3.63) is 34.3 Å². The molecule has 6 nitrogen and oxygen atoms in total. The van der Waals surface area contributed by atoms with Gasteiger partial charge in [0.15, 0.2) is 0 Å². The Kier molecular flexibility index (Phi) is 5.69. The van der Waals surface area contributed by atoms with E-state index in [0.29, 0.717) is 10.0 Å². The maximum Gasteiger partial charge on any atom is 0.326 e. The van der Waals surface area contributed by atoms with Crippen molar-refractivity contribution in [2.45, 2.75) is 13.0 Å². The summed E-state index contributed by atoms with van der Waals surface area (Å²) in [7, 11) is 1.38. The average Bonchev–Trinajstić information content (AvgIpc) is 2.43. The third-order valence-corrected chi connectivity index (χ3v) is 3.54. The van der Waals surface area contributed by atoms with Gasteiger partial charge in [-0.3, -0.25) is 9.59 Å². The Morgan fingerprint density at radius 3 is 2.50 bits per heavy atom. The number of amides is 2. The van der Waals surface area contributed by atoms with Crippen molar-refractivity contribution < 1.29 is 19.5 Å². The Morgan fingerprint density at radius 2 is 1.95 bits per heavy atom. The number of hydrogen-bond acceptors (Lipinski definition) is 3. The number of hydrogen-bond donors (Lipinski definition) is 2. The van der Waals surface area contributed by atoms with Crippen LogP contribution in [0.25, 0.3) is 0 Å². The van der Waals surface area contributed by atoms with Crippen LogP contribution in [-0.2, 0) is 9.59 Å². The monoisotopic (exact) mass is 342 g/mol. The van der Waals surface area contributed by atoms with Crippen molar-refractivity contribution in [1.82, 2.24) is 10.2 Å². The molecule has 7 heteroatoms. The van der Waals surface area contributed by atoms with Crippen LogP contribution in [0.15, 0.2) is 28.7 Å². The number of carbonyl (C=O) groups is 3. The molecule has 108 valence electrons. The Bertz CT molecular complexity index is 533. The summed E-state index contributed by atoms with van der Waals surface area (Å²) in [5, 5.41) is 11.3. The van der Waals surface area contributed by atoms with Gasteiger partial charge in [-0.25, -0.2) is 4.79 Å². The van der Waals surface area contributed by atoms with Crippen LogP contribution in [0.2, 0.25) is 0 Å². The summed E-state index contributed by atoms with van der Waals surface area (Å²) in [5.74, 6) is -1.97. The first-order valence-electron chi connectivity index (χ1n) is 5.85. The molecule has 0 aliphatic rings. The highest BCUT2D eigenvalue weighted by Crippen LogP contribution is 2.15. The molecule has 0 aliphatic heterocycles. The minimum absolute atomic E-state index is 0.256. The van der Waals surface area contributed by atoms with Crippen LogP contribution in [0.3, 0.4) is 0 Å². The molecule has 0 aliphatic carbocycles. The van der Waals surface area contributed by atoms with E-state index in [1.807, 2.05) is 0 Å². The first-order chi connectivity index (χ1) is 9.34. The minimum Gasteiger partial charge on any atom is -0.480 e. The SMILES string of the molecule is CC(C(=O)O)N(C)C(=O)CNC(=O)c1ccccc1Br. The van der Waals surface area contributed by atoms with Crippen LogP contribution in [-0.4, -0.2) is 47.4 Å². The number of likely N-dealkylation sites (N-methyl/N-ethyl adjacent to an activating group) is 1. The van der Waals surface area contributed by atoms with E-state index in [-0.39, 0.29) is 6.54 Å². The lowest BCUT2D eigenvalue weighted by Crippen LogP contribution is -2.45. The van der Waals surface area contributed by atoms with Crippen LogP contribution < -0.4 is 5.32 Å². The zero-order valence-corrected chi connectivity index (χ0v) is 12.7. The maximum atomic E-state index is 11.9. The highest BCUT2D eigenvalue weighted by molar-refractivity contribution is 9.10. The van der Waals surface area contributed by atoms with Gasteiger partial charge in [0.1, 0.15) is 6.04 Å². The van der Waals surface area contributed by atoms with Crippen molar-refractivity contribution in [2.75, 3.05) is 13.6 Å². The molecule has 2 N–H and O–H groups in total. The van der Waals surface area contributed by atoms with E-state index in [1.165, 1.54) is 14.0 Å². The van der Waals surface area contributed by atoms with Gasteiger partial charge in [-0.15, -0.1) is 0 Å². The number of carboxylic acids is 1. The predicted octanol–water partition coefficient (Wildman–Crippen LogP) is 1.11. The number of halogens is 1. The molecule has 0 fully saturated rings. The van der Waals surface area contributed by atoms with Crippen LogP contribution in [0, 0.1) is 0 Å². The van der Waals surface area contributed by atoms with Crippen molar-refractivity contribution in [1.29, 1.82) is 0 Å². The minimum atomic E-state index is -1.10. The number of carboxylic acid groups (broad SMARTS) is 1. The van der Waals surface area contributed by atoms with E-state index in [1.54, 1.807) is 24.3 Å². The number of carbonyl (C=O) groups excluding carboxylic acids is 2. The number of nitrogens with zero attached hydrogens (tertiary/aromatic N) is 1. The molecule has 0 heterocycles. The summed E-state index contributed by atoms with van der Waals surface area (Å²) in [6.07, 6.45) is 0. The molecule has 0 aromatic heterocycles. The first-order valence-corrected chi connectivity index (χ1v) is 6.65. The Morgan fingerprint density at radius 1 is 1.35 bits per heavy atom. The van der Waals surface area contributed by atoms with Gasteiger partial charge in [0, 0.05) is 11.5 Å². The lowest BCUT2D eigenvalue weighted by atomic mass is 10.2. The third kappa shape index (κ3) is 4.06. The largest absolute Gasteiger partial charge is 0.480 e. The second-order valence-corrected chi connectivity index (χ2v) is 5.04. The quantitative estimate of drug-likeness (QED) is 0.839. The van der Waals surface area contributed by atoms with E-state index in [9.17, 15) is 14.4 Å². The second kappa shape index (κ2) is 7.04. The summed E-state index contributed by atoms with van der Waals surface area (Å²) < 4.78 is 0.622. The van der Waals surface area contributed by atoms with Crippen LogP contribution >= 0.6 is 15.9 Å². The van der Waals surface area contributed by atoms with Gasteiger partial charge in [0.2, 0.25) is 5.91 Å². The highest BCUT2D eigenvalue weighted by atomic mass is 79.9. The molecule has 0 radical (unpaired) electrons. The van der Waals surface area contributed by atoms with Crippen LogP contribution in [0.5, 0.6) is 0 Å². The normalized spacial score (nSPS) is 11.6. The van der Waals surface area contributed by atoms with E-state index in [2.05, 4.69) is 21.2 Å². The standard InChI is InChI=1S/C13H15BrN2O4/c1-8(13(19)20)16(2)11(17)7-15-12(18)9-5-3-4-6-10(9)14/h3-6,8H,7H2,1-2H3,(H,15,18)(H,19,20). The zero-order chi connectivity index (χ0) is 15.3. The van der Waals surface area contributed by atoms with Gasteiger partial charge < -0.3 is 15.3 Å². The van der Waals surface area contributed by atoms with E-state index >= 15 is 0 Å². The summed E-state index contributed by atoms with van der Waals surface area (Å²) in [5.41, 5.74) is 0.411. The Hall–Kier alpha value is -1.89. The summed E-state index contributed by atoms with van der Waals surface area (Å²) in [6, 6.07) is 5.87. The fraction of sp³-hybridized carbons (Fsp3) is 0.308. The van der Waals surface area contributed by atoms with Crippen molar-refractivity contribution in [2.24, 2.45) is 0 Å². The average molecular weight is 343 g/mol. The maximum absolute atomic E-state index is 11.9. The van der Waals surface area contributed by atoms with Gasteiger partial charge in [-0.2, -0.15) is 0 Å². The molecular formula is C13H15BrN2O4. The second-order valence-electron chi connectivity index (χ2n) is 4.18. The van der Waals surface area contributed by atoms with Crippen LogP contribution in [0.4, 0.5) is 0 Å². The topological polar surface area (TPSA) is 86.7 Å². The van der Waals surface area contributed by atoms with Gasteiger partial charge in [-0.1, -0.05) is 12.1 Å². The zero-order valence-electron chi connectivity index (χ0n) is 11.1. The molecule has 0 bridgehead atoms. The molecule has 0 saturated heterocycles. The molecular weight excluding hydrogens is 328 g/mol. The number of benzene rings is 1. The number of rotatable bonds is 5. The summed E-state index contributed by atoms with van der Waals surface area (Å²) in [4.78, 5) is 35.4. The molecule has 20 heavy (non-hydrogen) atoms. The predicted molar refractivity (Wildman–Crippen MR) is 76.3 cm³/mol. The first kappa shape index (κ1) is 16.2. The van der Waals surface area contributed by atoms with Gasteiger partial charge in [-0.05, 0) is 35.0 Å². The smallest absolute Gasteiger partial charge is 0.326 e. The van der Waals surface area contributed by atoms with Crippen molar-refractivity contribution in [3.63, 3.8) is 0 Å².